The van der Waals surface area contributed by atoms with E-state index in [2.05, 4.69) is 41.4 Å². The summed E-state index contributed by atoms with van der Waals surface area (Å²) in [5.41, 5.74) is 4.36. The van der Waals surface area contributed by atoms with Crippen LogP contribution in [-0.2, 0) is 9.59 Å². The molecule has 29 heavy (non-hydrogen) atoms. The standard InChI is InChI=1S/C23H29N3O2S/c1-17-7-9-20(10-8-17)29-16-23(28)26-13-11-25(12-14-26)15-22(27)24-21-6-4-5-18(2)19(21)3/h4-10H,11-16H2,1-3H3,(H,24,27). The van der Waals surface area contributed by atoms with Crippen LogP contribution in [0.25, 0.3) is 0 Å². The number of nitrogens with one attached hydrogen (secondary N) is 1. The predicted octanol–water partition coefficient (Wildman–Crippen LogP) is 3.49. The van der Waals surface area contributed by atoms with Crippen molar-refractivity contribution in [3.63, 3.8) is 0 Å². The Balaban J connectivity index is 1.41. The summed E-state index contributed by atoms with van der Waals surface area (Å²) in [6, 6.07) is 14.2. The normalized spacial score (nSPS) is 14.7. The molecule has 0 aromatic heterocycles. The summed E-state index contributed by atoms with van der Waals surface area (Å²) in [5, 5.41) is 3.01. The largest absolute Gasteiger partial charge is 0.339 e. The number of anilines is 1. The van der Waals surface area contributed by atoms with Crippen LogP contribution in [0.2, 0.25) is 0 Å². The minimum absolute atomic E-state index is 0.00611. The first-order valence-electron chi connectivity index (χ1n) is 9.98. The molecule has 2 aromatic carbocycles. The lowest BCUT2D eigenvalue weighted by Crippen LogP contribution is -2.50. The lowest BCUT2D eigenvalue weighted by Gasteiger charge is -2.34. The molecule has 6 heteroatoms. The van der Waals surface area contributed by atoms with Gasteiger partial charge < -0.3 is 10.2 Å². The molecule has 1 heterocycles. The molecule has 1 saturated heterocycles. The fraction of sp³-hybridized carbons (Fsp3) is 0.391. The lowest BCUT2D eigenvalue weighted by atomic mass is 10.1. The fourth-order valence-electron chi connectivity index (χ4n) is 3.31. The molecule has 3 rings (SSSR count). The van der Waals surface area contributed by atoms with Crippen molar-refractivity contribution in [2.24, 2.45) is 0 Å². The van der Waals surface area contributed by atoms with Gasteiger partial charge in [0.2, 0.25) is 11.8 Å². The summed E-state index contributed by atoms with van der Waals surface area (Å²) in [4.78, 5) is 30.0. The average Bonchev–Trinajstić information content (AvgIpc) is 2.71. The van der Waals surface area contributed by atoms with Gasteiger partial charge in [0, 0.05) is 36.8 Å². The second-order valence-corrected chi connectivity index (χ2v) is 8.60. The summed E-state index contributed by atoms with van der Waals surface area (Å²) in [6.45, 7) is 9.26. The molecule has 0 saturated carbocycles. The number of carbonyl (C=O) groups excluding carboxylic acids is 2. The van der Waals surface area contributed by atoms with Gasteiger partial charge in [0.25, 0.3) is 0 Å². The van der Waals surface area contributed by atoms with Crippen molar-refractivity contribution in [3.05, 3.63) is 59.2 Å². The Morgan fingerprint density at radius 2 is 1.66 bits per heavy atom. The topological polar surface area (TPSA) is 52.7 Å². The van der Waals surface area contributed by atoms with Crippen molar-refractivity contribution in [2.45, 2.75) is 25.7 Å². The SMILES string of the molecule is Cc1ccc(SCC(=O)N2CCN(CC(=O)Nc3cccc(C)c3C)CC2)cc1. The second kappa shape index (κ2) is 9.94. The number of rotatable bonds is 6. The molecule has 2 amide bonds. The van der Waals surface area contributed by atoms with Gasteiger partial charge in [-0.2, -0.15) is 0 Å². The van der Waals surface area contributed by atoms with E-state index in [4.69, 9.17) is 0 Å². The maximum absolute atomic E-state index is 12.5. The van der Waals surface area contributed by atoms with Crippen LogP contribution in [0.1, 0.15) is 16.7 Å². The van der Waals surface area contributed by atoms with Crippen LogP contribution in [0.3, 0.4) is 0 Å². The number of nitrogens with zero attached hydrogens (tertiary/aromatic N) is 2. The Hall–Kier alpha value is -2.31. The van der Waals surface area contributed by atoms with Crippen molar-refractivity contribution in [1.29, 1.82) is 0 Å². The van der Waals surface area contributed by atoms with Crippen LogP contribution in [0, 0.1) is 20.8 Å². The van der Waals surface area contributed by atoms with Crippen LogP contribution in [-0.4, -0.2) is 60.1 Å². The summed E-state index contributed by atoms with van der Waals surface area (Å²) in [7, 11) is 0. The van der Waals surface area contributed by atoms with Gasteiger partial charge in [0.1, 0.15) is 0 Å². The Labute approximate surface area is 177 Å². The van der Waals surface area contributed by atoms with Crippen molar-refractivity contribution < 1.29 is 9.59 Å². The number of benzene rings is 2. The Morgan fingerprint density at radius 3 is 2.34 bits per heavy atom. The molecular weight excluding hydrogens is 382 g/mol. The quantitative estimate of drug-likeness (QED) is 0.740. The van der Waals surface area contributed by atoms with E-state index in [-0.39, 0.29) is 11.8 Å². The zero-order chi connectivity index (χ0) is 20.8. The van der Waals surface area contributed by atoms with Crippen molar-refractivity contribution in [1.82, 2.24) is 9.80 Å². The van der Waals surface area contributed by atoms with E-state index in [0.717, 1.165) is 29.2 Å². The maximum atomic E-state index is 12.5. The molecule has 1 N–H and O–H groups in total. The molecular formula is C23H29N3O2S. The summed E-state index contributed by atoms with van der Waals surface area (Å²) in [5.74, 6) is 0.611. The van der Waals surface area contributed by atoms with Gasteiger partial charge in [-0.1, -0.05) is 29.8 Å². The molecule has 0 aliphatic carbocycles. The first-order chi connectivity index (χ1) is 13.9. The van der Waals surface area contributed by atoms with E-state index in [0.29, 0.717) is 25.4 Å². The van der Waals surface area contributed by atoms with Gasteiger partial charge in [0.15, 0.2) is 0 Å². The van der Waals surface area contributed by atoms with E-state index >= 15 is 0 Å². The Morgan fingerprint density at radius 1 is 0.966 bits per heavy atom. The van der Waals surface area contributed by atoms with Crippen molar-refractivity contribution >= 4 is 29.3 Å². The van der Waals surface area contributed by atoms with Gasteiger partial charge in [0.05, 0.1) is 12.3 Å². The number of hydrogen-bond donors (Lipinski definition) is 1. The van der Waals surface area contributed by atoms with Crippen LogP contribution < -0.4 is 5.32 Å². The van der Waals surface area contributed by atoms with E-state index in [9.17, 15) is 9.59 Å². The van der Waals surface area contributed by atoms with E-state index < -0.39 is 0 Å². The van der Waals surface area contributed by atoms with E-state index in [1.165, 1.54) is 11.1 Å². The number of aryl methyl sites for hydroxylation is 2. The van der Waals surface area contributed by atoms with Crippen LogP contribution in [0.15, 0.2) is 47.4 Å². The third kappa shape index (κ3) is 6.08. The molecule has 0 atom stereocenters. The lowest BCUT2D eigenvalue weighted by molar-refractivity contribution is -0.130. The third-order valence-electron chi connectivity index (χ3n) is 5.35. The fourth-order valence-corrected chi connectivity index (χ4v) is 4.11. The van der Waals surface area contributed by atoms with Crippen LogP contribution in [0.5, 0.6) is 0 Å². The summed E-state index contributed by atoms with van der Waals surface area (Å²) < 4.78 is 0. The van der Waals surface area contributed by atoms with Crippen LogP contribution >= 0.6 is 11.8 Å². The number of carbonyl (C=O) groups is 2. The molecule has 0 unspecified atom stereocenters. The number of hydrogen-bond acceptors (Lipinski definition) is 4. The van der Waals surface area contributed by atoms with Gasteiger partial charge in [-0.3, -0.25) is 14.5 Å². The number of thioether (sulfide) groups is 1. The predicted molar refractivity (Wildman–Crippen MR) is 119 cm³/mol. The molecule has 1 aliphatic rings. The van der Waals surface area contributed by atoms with Gasteiger partial charge in [-0.05, 0) is 50.1 Å². The molecule has 0 radical (unpaired) electrons. The first kappa shape index (κ1) is 21.4. The van der Waals surface area contributed by atoms with E-state index in [1.807, 2.05) is 36.9 Å². The highest BCUT2D eigenvalue weighted by Gasteiger charge is 2.22. The highest BCUT2D eigenvalue weighted by molar-refractivity contribution is 8.00. The van der Waals surface area contributed by atoms with E-state index in [1.54, 1.807) is 11.8 Å². The number of piperazine rings is 1. The number of amides is 2. The summed E-state index contributed by atoms with van der Waals surface area (Å²) >= 11 is 1.58. The molecule has 0 spiro atoms. The van der Waals surface area contributed by atoms with Crippen molar-refractivity contribution in [3.8, 4) is 0 Å². The van der Waals surface area contributed by atoms with Crippen LogP contribution in [0.4, 0.5) is 5.69 Å². The van der Waals surface area contributed by atoms with Crippen molar-refractivity contribution in [2.75, 3.05) is 43.8 Å². The molecule has 154 valence electrons. The highest BCUT2D eigenvalue weighted by atomic mass is 32.2. The minimum Gasteiger partial charge on any atom is -0.339 e. The zero-order valence-corrected chi connectivity index (χ0v) is 18.2. The summed E-state index contributed by atoms with van der Waals surface area (Å²) in [6.07, 6.45) is 0. The Kier molecular flexibility index (Phi) is 7.34. The maximum Gasteiger partial charge on any atom is 0.238 e. The first-order valence-corrected chi connectivity index (χ1v) is 11.0. The average molecular weight is 412 g/mol. The second-order valence-electron chi connectivity index (χ2n) is 7.55. The minimum atomic E-state index is -0.00611. The zero-order valence-electron chi connectivity index (χ0n) is 17.4. The third-order valence-corrected chi connectivity index (χ3v) is 6.35. The van der Waals surface area contributed by atoms with Gasteiger partial charge in [-0.25, -0.2) is 0 Å². The molecule has 1 aliphatic heterocycles. The highest BCUT2D eigenvalue weighted by Crippen LogP contribution is 2.20. The van der Waals surface area contributed by atoms with Gasteiger partial charge >= 0.3 is 0 Å². The molecule has 0 bridgehead atoms. The van der Waals surface area contributed by atoms with Gasteiger partial charge in [-0.15, -0.1) is 11.8 Å². The Bertz CT molecular complexity index is 859. The molecule has 2 aromatic rings. The smallest absolute Gasteiger partial charge is 0.238 e. The monoisotopic (exact) mass is 411 g/mol. The molecule has 1 fully saturated rings. The molecule has 5 nitrogen and oxygen atoms in total.